The number of rotatable bonds is 0. The predicted molar refractivity (Wildman–Crippen MR) is 119 cm³/mol. The minimum atomic E-state index is -0.732. The summed E-state index contributed by atoms with van der Waals surface area (Å²) in [6.07, 6.45) is 5.74. The van der Waals surface area contributed by atoms with Crippen LogP contribution in [0.25, 0.3) is 0 Å². The van der Waals surface area contributed by atoms with Crippen LogP contribution in [0.5, 0.6) is 5.75 Å². The number of carbonyl (C=O) groups excluding carboxylic acids is 2. The Morgan fingerprint density at radius 2 is 2.00 bits per heavy atom. The molecule has 0 fully saturated rings. The van der Waals surface area contributed by atoms with E-state index in [2.05, 4.69) is 15.6 Å². The number of benzene rings is 1. The maximum Gasteiger partial charge on any atom is 0.296 e. The smallest absolute Gasteiger partial charge is 0.296 e. The zero-order valence-corrected chi connectivity index (χ0v) is 18.3. The molecule has 4 rings (SSSR count). The zero-order valence-electron chi connectivity index (χ0n) is 18.3. The lowest BCUT2D eigenvalue weighted by molar-refractivity contribution is -0.127. The van der Waals surface area contributed by atoms with Gasteiger partial charge in [0.2, 0.25) is 11.7 Å². The molecule has 2 aromatic rings. The van der Waals surface area contributed by atoms with Crippen molar-refractivity contribution in [3.05, 3.63) is 63.6 Å². The SMILES string of the molecule is CN1C(=O)/C=C/CCNc2cc(F)ccc2CNC(=O)c2nc3n(c(=O)c2O)CCCCC31. The first-order valence-electron chi connectivity index (χ1n) is 10.9. The van der Waals surface area contributed by atoms with E-state index in [1.165, 1.54) is 27.7 Å². The lowest BCUT2D eigenvalue weighted by atomic mass is 10.1. The number of aromatic nitrogens is 2. The Labute approximate surface area is 189 Å². The molecule has 3 heterocycles. The van der Waals surface area contributed by atoms with Crippen molar-refractivity contribution in [2.75, 3.05) is 18.9 Å². The molecule has 0 radical (unpaired) electrons. The number of hydrogen-bond acceptors (Lipinski definition) is 6. The van der Waals surface area contributed by atoms with Crippen molar-refractivity contribution < 1.29 is 19.1 Å². The molecule has 10 heteroatoms. The molecular formula is C23H26FN5O4. The number of nitrogens with zero attached hydrogens (tertiary/aromatic N) is 3. The summed E-state index contributed by atoms with van der Waals surface area (Å²) in [4.78, 5) is 44.5. The van der Waals surface area contributed by atoms with Crippen LogP contribution in [0.4, 0.5) is 10.1 Å². The Kier molecular flexibility index (Phi) is 6.43. The second-order valence-corrected chi connectivity index (χ2v) is 8.19. The second kappa shape index (κ2) is 9.43. The normalized spacial score (nSPS) is 20.3. The first-order chi connectivity index (χ1) is 15.9. The molecule has 2 aliphatic heterocycles. The minimum absolute atomic E-state index is 0.0403. The van der Waals surface area contributed by atoms with Crippen molar-refractivity contribution in [2.24, 2.45) is 0 Å². The van der Waals surface area contributed by atoms with Gasteiger partial charge >= 0.3 is 0 Å². The van der Waals surface area contributed by atoms with Crippen LogP contribution < -0.4 is 16.2 Å². The average molecular weight is 455 g/mol. The predicted octanol–water partition coefficient (Wildman–Crippen LogP) is 2.07. The number of fused-ring (bicyclic) bond motifs is 2. The Bertz CT molecular complexity index is 1180. The number of likely N-dealkylation sites (N-methyl/N-ethyl adjacent to an activating group) is 1. The Morgan fingerprint density at radius 1 is 1.18 bits per heavy atom. The molecule has 33 heavy (non-hydrogen) atoms. The van der Waals surface area contributed by atoms with Gasteiger partial charge in [0.05, 0.1) is 6.04 Å². The molecule has 3 N–H and O–H groups in total. The topological polar surface area (TPSA) is 117 Å². The maximum atomic E-state index is 13.8. The highest BCUT2D eigenvalue weighted by Gasteiger charge is 2.30. The summed E-state index contributed by atoms with van der Waals surface area (Å²) in [5, 5.41) is 16.2. The van der Waals surface area contributed by atoms with Crippen molar-refractivity contribution in [3.63, 3.8) is 0 Å². The summed E-state index contributed by atoms with van der Waals surface area (Å²) in [6.45, 7) is 0.844. The van der Waals surface area contributed by atoms with Gasteiger partial charge in [-0.1, -0.05) is 12.1 Å². The fourth-order valence-corrected chi connectivity index (χ4v) is 4.17. The third kappa shape index (κ3) is 4.59. The largest absolute Gasteiger partial charge is 0.501 e. The number of aromatic hydroxyl groups is 1. The van der Waals surface area contributed by atoms with E-state index in [9.17, 15) is 23.9 Å². The minimum Gasteiger partial charge on any atom is -0.501 e. The quantitative estimate of drug-likeness (QED) is 0.560. The van der Waals surface area contributed by atoms with Gasteiger partial charge in [-0.15, -0.1) is 0 Å². The van der Waals surface area contributed by atoms with Gasteiger partial charge in [-0.05, 0) is 49.5 Å². The lowest BCUT2D eigenvalue weighted by Gasteiger charge is -2.27. The Balaban J connectivity index is 1.80. The molecule has 0 saturated heterocycles. The molecule has 2 aliphatic rings. The van der Waals surface area contributed by atoms with Crippen LogP contribution in [0.2, 0.25) is 0 Å². The van der Waals surface area contributed by atoms with Gasteiger partial charge in [-0.3, -0.25) is 19.0 Å². The van der Waals surface area contributed by atoms with Crippen molar-refractivity contribution in [3.8, 4) is 5.75 Å². The fraction of sp³-hybridized carbons (Fsp3) is 0.391. The third-order valence-corrected chi connectivity index (χ3v) is 6.01. The average Bonchev–Trinajstić information content (AvgIpc) is 3.01. The summed E-state index contributed by atoms with van der Waals surface area (Å²) < 4.78 is 15.1. The van der Waals surface area contributed by atoms with Crippen LogP contribution in [0.3, 0.4) is 0 Å². The van der Waals surface area contributed by atoms with Crippen LogP contribution in [-0.2, 0) is 17.9 Å². The van der Waals surface area contributed by atoms with Crippen molar-refractivity contribution >= 4 is 17.5 Å². The molecule has 0 saturated carbocycles. The first kappa shape index (κ1) is 22.5. The van der Waals surface area contributed by atoms with E-state index in [1.54, 1.807) is 19.2 Å². The summed E-state index contributed by atoms with van der Waals surface area (Å²) in [5.74, 6) is -1.88. The van der Waals surface area contributed by atoms with Gasteiger partial charge in [0.25, 0.3) is 11.5 Å². The summed E-state index contributed by atoms with van der Waals surface area (Å²) in [6, 6.07) is 3.64. The van der Waals surface area contributed by atoms with E-state index in [0.717, 1.165) is 6.42 Å². The van der Waals surface area contributed by atoms with Gasteiger partial charge in [-0.25, -0.2) is 9.37 Å². The Morgan fingerprint density at radius 3 is 2.82 bits per heavy atom. The summed E-state index contributed by atoms with van der Waals surface area (Å²) in [7, 11) is 1.63. The monoisotopic (exact) mass is 455 g/mol. The number of carbonyl (C=O) groups is 2. The van der Waals surface area contributed by atoms with Gasteiger partial charge in [0.15, 0.2) is 5.69 Å². The Hall–Kier alpha value is -3.69. The van der Waals surface area contributed by atoms with Crippen molar-refractivity contribution in [1.82, 2.24) is 19.8 Å². The van der Waals surface area contributed by atoms with Crippen LogP contribution in [-0.4, -0.2) is 45.0 Å². The molecular weight excluding hydrogens is 429 g/mol. The van der Waals surface area contributed by atoms with Crippen LogP contribution in [0, 0.1) is 5.82 Å². The molecule has 174 valence electrons. The molecule has 1 aromatic heterocycles. The van der Waals surface area contributed by atoms with Gasteiger partial charge < -0.3 is 20.6 Å². The number of nitrogens with one attached hydrogen (secondary N) is 2. The molecule has 1 unspecified atom stereocenters. The molecule has 1 atom stereocenters. The fourth-order valence-electron chi connectivity index (χ4n) is 4.17. The number of amides is 2. The molecule has 9 nitrogen and oxygen atoms in total. The highest BCUT2D eigenvalue weighted by atomic mass is 19.1. The second-order valence-electron chi connectivity index (χ2n) is 8.19. The number of hydrogen-bond donors (Lipinski definition) is 3. The lowest BCUT2D eigenvalue weighted by Crippen LogP contribution is -2.36. The number of halogens is 1. The number of anilines is 1. The molecule has 0 aliphatic carbocycles. The van der Waals surface area contributed by atoms with E-state index in [-0.39, 0.29) is 18.3 Å². The highest BCUT2D eigenvalue weighted by Crippen LogP contribution is 2.29. The van der Waals surface area contributed by atoms with E-state index >= 15 is 0 Å². The third-order valence-electron chi connectivity index (χ3n) is 6.01. The van der Waals surface area contributed by atoms with Crippen molar-refractivity contribution in [2.45, 2.75) is 44.8 Å². The van der Waals surface area contributed by atoms with Gasteiger partial charge in [-0.2, -0.15) is 0 Å². The van der Waals surface area contributed by atoms with Crippen LogP contribution >= 0.6 is 0 Å². The van der Waals surface area contributed by atoms with E-state index < -0.39 is 34.8 Å². The molecule has 0 spiro atoms. The zero-order chi connectivity index (χ0) is 23.5. The summed E-state index contributed by atoms with van der Waals surface area (Å²) in [5.41, 5.74) is 0.0240. The standard InChI is InChI=1S/C23H26FN5O4/c1-28-17-6-3-5-11-29-21(17)27-19(20(31)23(29)33)22(32)26-13-14-8-9-15(24)12-16(14)25-10-4-2-7-18(28)30/h2,7-9,12,17,25,31H,3-6,10-11,13H2,1H3,(H,26,32)/b7-2+. The maximum absolute atomic E-state index is 13.8. The van der Waals surface area contributed by atoms with E-state index in [4.69, 9.17) is 0 Å². The van der Waals surface area contributed by atoms with Crippen molar-refractivity contribution in [1.29, 1.82) is 0 Å². The summed E-state index contributed by atoms with van der Waals surface area (Å²) >= 11 is 0. The molecule has 2 amide bonds. The molecule has 2 bridgehead atoms. The molecule has 1 aromatic carbocycles. The van der Waals surface area contributed by atoms with Crippen LogP contribution in [0.1, 0.15) is 53.6 Å². The van der Waals surface area contributed by atoms with E-state index in [1.807, 2.05) is 0 Å². The van der Waals surface area contributed by atoms with E-state index in [0.29, 0.717) is 43.6 Å². The van der Waals surface area contributed by atoms with Gasteiger partial charge in [0, 0.05) is 32.4 Å². The van der Waals surface area contributed by atoms with Gasteiger partial charge in [0.1, 0.15) is 11.6 Å². The first-order valence-corrected chi connectivity index (χ1v) is 10.9. The van der Waals surface area contributed by atoms with Crippen LogP contribution in [0.15, 0.2) is 35.1 Å². The highest BCUT2D eigenvalue weighted by molar-refractivity contribution is 5.94.